The lowest BCUT2D eigenvalue weighted by Crippen LogP contribution is -2.22. The van der Waals surface area contributed by atoms with Crippen molar-refractivity contribution in [2.75, 3.05) is 20.7 Å². The third kappa shape index (κ3) is 4.53. The van der Waals surface area contributed by atoms with E-state index in [2.05, 4.69) is 4.57 Å². The van der Waals surface area contributed by atoms with E-state index in [0.717, 1.165) is 28.3 Å². The average Bonchev–Trinajstić information content (AvgIpc) is 3.09. The highest BCUT2D eigenvalue weighted by atomic mass is 32.2. The van der Waals surface area contributed by atoms with E-state index in [4.69, 9.17) is 9.72 Å². The van der Waals surface area contributed by atoms with E-state index >= 15 is 0 Å². The van der Waals surface area contributed by atoms with Crippen LogP contribution in [0.1, 0.15) is 29.8 Å². The van der Waals surface area contributed by atoms with E-state index in [1.807, 2.05) is 19.1 Å². The zero-order valence-electron chi connectivity index (χ0n) is 17.5. The van der Waals surface area contributed by atoms with Gasteiger partial charge in [-0.05, 0) is 49.7 Å². The number of nitrogens with zero attached hydrogens (tertiary/aromatic N) is 3. The molecule has 0 bridgehead atoms. The van der Waals surface area contributed by atoms with Crippen LogP contribution >= 0.6 is 11.8 Å². The maximum Gasteiger partial charge on any atom is 0.338 e. The van der Waals surface area contributed by atoms with Crippen molar-refractivity contribution in [2.45, 2.75) is 36.2 Å². The first-order chi connectivity index (χ1) is 14.3. The van der Waals surface area contributed by atoms with Crippen molar-refractivity contribution >= 4 is 38.8 Å². The van der Waals surface area contributed by atoms with Gasteiger partial charge in [0.05, 0.1) is 28.1 Å². The molecule has 0 spiro atoms. The second-order valence-electron chi connectivity index (χ2n) is 6.79. The van der Waals surface area contributed by atoms with Crippen LogP contribution in [0.2, 0.25) is 0 Å². The third-order valence-corrected chi connectivity index (χ3v) is 7.44. The predicted molar refractivity (Wildman–Crippen MR) is 118 cm³/mol. The summed E-state index contributed by atoms with van der Waals surface area (Å²) in [5.74, 6) is 0.212. The van der Waals surface area contributed by atoms with Crippen molar-refractivity contribution in [1.82, 2.24) is 13.9 Å². The lowest BCUT2D eigenvalue weighted by atomic mass is 10.2. The Morgan fingerprint density at radius 2 is 1.93 bits per heavy atom. The summed E-state index contributed by atoms with van der Waals surface area (Å²) >= 11 is 1.53. The molecule has 0 atom stereocenters. The Morgan fingerprint density at radius 1 is 1.17 bits per heavy atom. The Kier molecular flexibility index (Phi) is 6.84. The SMILES string of the molecule is CCOC(=O)c1ccc2c(c1)nc(SCc1cccc(S(=O)(=O)N(C)C)c1)n2CC. The van der Waals surface area contributed by atoms with E-state index in [9.17, 15) is 13.2 Å². The van der Waals surface area contributed by atoms with Gasteiger partial charge in [0.15, 0.2) is 5.16 Å². The molecular formula is C21H25N3O4S2. The number of aryl methyl sites for hydroxylation is 1. The summed E-state index contributed by atoms with van der Waals surface area (Å²) in [6.07, 6.45) is 0. The summed E-state index contributed by atoms with van der Waals surface area (Å²) in [5, 5.41) is 0.814. The molecule has 1 aromatic heterocycles. The van der Waals surface area contributed by atoms with Crippen molar-refractivity contribution in [2.24, 2.45) is 0 Å². The van der Waals surface area contributed by atoms with E-state index < -0.39 is 10.0 Å². The number of carbonyl (C=O) groups is 1. The molecule has 0 aliphatic rings. The normalized spacial score (nSPS) is 11.9. The first-order valence-corrected chi connectivity index (χ1v) is 12.0. The average molecular weight is 448 g/mol. The fourth-order valence-corrected chi connectivity index (χ4v) is 5.01. The highest BCUT2D eigenvalue weighted by molar-refractivity contribution is 7.98. The van der Waals surface area contributed by atoms with Crippen LogP contribution < -0.4 is 0 Å². The Hall–Kier alpha value is -2.36. The molecule has 3 rings (SSSR count). The molecule has 3 aromatic rings. The lowest BCUT2D eigenvalue weighted by molar-refractivity contribution is 0.0526. The van der Waals surface area contributed by atoms with Crippen LogP contribution in [0.15, 0.2) is 52.5 Å². The smallest absolute Gasteiger partial charge is 0.338 e. The molecule has 160 valence electrons. The first-order valence-electron chi connectivity index (χ1n) is 9.59. The van der Waals surface area contributed by atoms with Crippen LogP contribution in [0.5, 0.6) is 0 Å². The van der Waals surface area contributed by atoms with Gasteiger partial charge in [0, 0.05) is 26.4 Å². The van der Waals surface area contributed by atoms with Crippen molar-refractivity contribution in [3.8, 4) is 0 Å². The van der Waals surface area contributed by atoms with Gasteiger partial charge in [0.2, 0.25) is 10.0 Å². The maximum absolute atomic E-state index is 12.4. The zero-order valence-corrected chi connectivity index (χ0v) is 19.1. The number of ether oxygens (including phenoxy) is 1. The fourth-order valence-electron chi connectivity index (χ4n) is 3.02. The molecule has 1 heterocycles. The first kappa shape index (κ1) is 22.3. The van der Waals surface area contributed by atoms with E-state index in [1.54, 1.807) is 37.3 Å². The van der Waals surface area contributed by atoms with Gasteiger partial charge in [-0.25, -0.2) is 22.5 Å². The van der Waals surface area contributed by atoms with Crippen LogP contribution in [0, 0.1) is 0 Å². The summed E-state index contributed by atoms with van der Waals surface area (Å²) in [4.78, 5) is 17.0. The van der Waals surface area contributed by atoms with Gasteiger partial charge in [0.1, 0.15) is 0 Å². The fraction of sp³-hybridized carbons (Fsp3) is 0.333. The molecule has 7 nitrogen and oxygen atoms in total. The second-order valence-corrected chi connectivity index (χ2v) is 9.88. The molecular weight excluding hydrogens is 422 g/mol. The number of fused-ring (bicyclic) bond motifs is 1. The number of carbonyl (C=O) groups excluding carboxylic acids is 1. The van der Waals surface area contributed by atoms with Crippen molar-refractivity contribution in [3.63, 3.8) is 0 Å². The van der Waals surface area contributed by atoms with Crippen molar-refractivity contribution < 1.29 is 17.9 Å². The van der Waals surface area contributed by atoms with Crippen molar-refractivity contribution in [1.29, 1.82) is 0 Å². The van der Waals surface area contributed by atoms with Crippen LogP contribution in [0.3, 0.4) is 0 Å². The van der Waals surface area contributed by atoms with Gasteiger partial charge < -0.3 is 9.30 Å². The van der Waals surface area contributed by atoms with Gasteiger partial charge in [0.25, 0.3) is 0 Å². The molecule has 0 amide bonds. The van der Waals surface area contributed by atoms with E-state index in [1.165, 1.54) is 30.2 Å². The number of hydrogen-bond donors (Lipinski definition) is 0. The van der Waals surface area contributed by atoms with E-state index in [0.29, 0.717) is 17.9 Å². The van der Waals surface area contributed by atoms with Gasteiger partial charge in [-0.2, -0.15) is 0 Å². The molecule has 0 aliphatic heterocycles. The van der Waals surface area contributed by atoms with Crippen molar-refractivity contribution in [3.05, 3.63) is 53.6 Å². The minimum absolute atomic E-state index is 0.272. The summed E-state index contributed by atoms with van der Waals surface area (Å²) in [6.45, 7) is 4.86. The minimum atomic E-state index is -3.47. The predicted octanol–water partition coefficient (Wildman–Crippen LogP) is 3.78. The van der Waals surface area contributed by atoms with Crippen LogP contribution in [-0.4, -0.2) is 48.9 Å². The highest BCUT2D eigenvalue weighted by Crippen LogP contribution is 2.28. The third-order valence-electron chi connectivity index (χ3n) is 4.59. The molecule has 0 aliphatic carbocycles. The van der Waals surface area contributed by atoms with Gasteiger partial charge in [-0.3, -0.25) is 0 Å². The number of hydrogen-bond acceptors (Lipinski definition) is 6. The van der Waals surface area contributed by atoms with Crippen LogP contribution in [0.4, 0.5) is 0 Å². The van der Waals surface area contributed by atoms with Gasteiger partial charge in [-0.1, -0.05) is 23.9 Å². The van der Waals surface area contributed by atoms with E-state index in [-0.39, 0.29) is 10.9 Å². The molecule has 2 aromatic carbocycles. The number of aromatic nitrogens is 2. The van der Waals surface area contributed by atoms with Crippen LogP contribution in [-0.2, 0) is 27.1 Å². The number of esters is 1. The summed E-state index contributed by atoms with van der Waals surface area (Å²) in [7, 11) is -0.436. The molecule has 0 saturated carbocycles. The molecule has 0 unspecified atom stereocenters. The highest BCUT2D eigenvalue weighted by Gasteiger charge is 2.18. The maximum atomic E-state index is 12.4. The number of imidazole rings is 1. The summed E-state index contributed by atoms with van der Waals surface area (Å²) < 4.78 is 33.1. The number of sulfonamides is 1. The second kappa shape index (κ2) is 9.20. The Labute approximate surface area is 181 Å². The Morgan fingerprint density at radius 3 is 2.60 bits per heavy atom. The topological polar surface area (TPSA) is 81.5 Å². The largest absolute Gasteiger partial charge is 0.462 e. The molecule has 0 N–H and O–H groups in total. The number of thioether (sulfide) groups is 1. The number of rotatable bonds is 8. The Bertz CT molecular complexity index is 1170. The minimum Gasteiger partial charge on any atom is -0.462 e. The monoisotopic (exact) mass is 447 g/mol. The summed E-state index contributed by atoms with van der Waals surface area (Å²) in [6, 6.07) is 12.3. The molecule has 30 heavy (non-hydrogen) atoms. The van der Waals surface area contributed by atoms with Gasteiger partial charge >= 0.3 is 5.97 Å². The van der Waals surface area contributed by atoms with Gasteiger partial charge in [-0.15, -0.1) is 0 Å². The number of benzene rings is 2. The summed E-state index contributed by atoms with van der Waals surface area (Å²) in [5.41, 5.74) is 3.04. The molecule has 0 fully saturated rings. The standard InChI is InChI=1S/C21H25N3O4S2/c1-5-24-19-11-10-16(20(25)28-6-2)13-18(19)22-21(24)29-14-15-8-7-9-17(12-15)30(26,27)23(3)4/h7-13H,5-6,14H2,1-4H3. The zero-order chi connectivity index (χ0) is 21.9. The Balaban J connectivity index is 1.86. The quantitative estimate of drug-likeness (QED) is 0.386. The molecule has 9 heteroatoms. The molecule has 0 saturated heterocycles. The lowest BCUT2D eigenvalue weighted by Gasteiger charge is -2.12. The molecule has 0 radical (unpaired) electrons. The van der Waals surface area contributed by atoms with Crippen LogP contribution in [0.25, 0.3) is 11.0 Å².